The number of halogens is 2. The van der Waals surface area contributed by atoms with Crippen LogP contribution < -0.4 is 0 Å². The molecule has 0 aliphatic rings. The molecular weight excluding hydrogens is 295 g/mol. The summed E-state index contributed by atoms with van der Waals surface area (Å²) in [5.74, 6) is 0. The van der Waals surface area contributed by atoms with Crippen molar-refractivity contribution >= 4 is 34.5 Å². The van der Waals surface area contributed by atoms with Crippen molar-refractivity contribution in [3.8, 4) is 0 Å². The van der Waals surface area contributed by atoms with Crippen molar-refractivity contribution in [2.24, 2.45) is 0 Å². The number of alkyl halides is 1. The first-order valence-corrected chi connectivity index (χ1v) is 7.92. The van der Waals surface area contributed by atoms with Crippen LogP contribution in [0.15, 0.2) is 30.3 Å². The standard InChI is InChI=1S/C16H18Cl2S/c1-10-5-6-11(12(17)9-10)15(18)13-7-8-14(19-13)16(2,3)4/h5-9,15H,1-4H3. The van der Waals surface area contributed by atoms with Crippen molar-refractivity contribution in [3.05, 3.63) is 56.2 Å². The van der Waals surface area contributed by atoms with Crippen molar-refractivity contribution in [1.82, 2.24) is 0 Å². The molecule has 1 heterocycles. The topological polar surface area (TPSA) is 0 Å². The van der Waals surface area contributed by atoms with Gasteiger partial charge < -0.3 is 0 Å². The lowest BCUT2D eigenvalue weighted by atomic mass is 9.95. The highest BCUT2D eigenvalue weighted by Gasteiger charge is 2.20. The molecule has 2 aromatic rings. The zero-order chi connectivity index (χ0) is 14.2. The highest BCUT2D eigenvalue weighted by atomic mass is 35.5. The third-order valence-electron chi connectivity index (χ3n) is 3.04. The third-order valence-corrected chi connectivity index (χ3v) is 5.55. The van der Waals surface area contributed by atoms with Gasteiger partial charge in [-0.1, -0.05) is 44.5 Å². The van der Waals surface area contributed by atoms with Crippen LogP contribution in [0.25, 0.3) is 0 Å². The predicted octanol–water partition coefficient (Wildman–Crippen LogP) is 6.34. The van der Waals surface area contributed by atoms with E-state index in [1.165, 1.54) is 4.88 Å². The molecule has 0 aliphatic carbocycles. The van der Waals surface area contributed by atoms with Gasteiger partial charge in [0, 0.05) is 14.8 Å². The van der Waals surface area contributed by atoms with Crippen molar-refractivity contribution in [2.45, 2.75) is 38.5 Å². The lowest BCUT2D eigenvalue weighted by molar-refractivity contribution is 0.604. The highest BCUT2D eigenvalue weighted by molar-refractivity contribution is 7.12. The fourth-order valence-corrected chi connectivity index (χ4v) is 3.74. The molecule has 0 N–H and O–H groups in total. The van der Waals surface area contributed by atoms with E-state index in [1.807, 2.05) is 19.1 Å². The lowest BCUT2D eigenvalue weighted by Crippen LogP contribution is -2.07. The first kappa shape index (κ1) is 14.9. The number of rotatable bonds is 2. The molecule has 1 aromatic carbocycles. The van der Waals surface area contributed by atoms with Crippen LogP contribution in [0.5, 0.6) is 0 Å². The number of thiophene rings is 1. The Morgan fingerprint density at radius 1 is 1.11 bits per heavy atom. The van der Waals surface area contributed by atoms with E-state index in [2.05, 4.69) is 39.0 Å². The average molecular weight is 313 g/mol. The molecule has 102 valence electrons. The summed E-state index contributed by atoms with van der Waals surface area (Å²) in [7, 11) is 0. The Bertz CT molecular complexity index is 579. The summed E-state index contributed by atoms with van der Waals surface area (Å²) in [6, 6.07) is 10.3. The molecule has 0 radical (unpaired) electrons. The number of aryl methyl sites for hydroxylation is 1. The maximum absolute atomic E-state index is 6.58. The highest BCUT2D eigenvalue weighted by Crippen LogP contribution is 2.40. The van der Waals surface area contributed by atoms with Crippen LogP contribution in [0.2, 0.25) is 5.02 Å². The van der Waals surface area contributed by atoms with Gasteiger partial charge in [0.05, 0.1) is 5.38 Å². The number of hydrogen-bond donors (Lipinski definition) is 0. The van der Waals surface area contributed by atoms with Gasteiger partial charge in [-0.15, -0.1) is 22.9 Å². The predicted molar refractivity (Wildman–Crippen MR) is 86.9 cm³/mol. The smallest absolute Gasteiger partial charge is 0.0942 e. The summed E-state index contributed by atoms with van der Waals surface area (Å²) < 4.78 is 0. The van der Waals surface area contributed by atoms with E-state index < -0.39 is 0 Å². The van der Waals surface area contributed by atoms with E-state index in [4.69, 9.17) is 23.2 Å². The Morgan fingerprint density at radius 3 is 2.32 bits per heavy atom. The molecule has 3 heteroatoms. The second kappa shape index (κ2) is 5.47. The molecular formula is C16H18Cl2S. The minimum atomic E-state index is -0.172. The van der Waals surface area contributed by atoms with Gasteiger partial charge in [0.15, 0.2) is 0 Å². The van der Waals surface area contributed by atoms with Crippen molar-refractivity contribution in [2.75, 3.05) is 0 Å². The minimum Gasteiger partial charge on any atom is -0.143 e. The van der Waals surface area contributed by atoms with Gasteiger partial charge in [-0.3, -0.25) is 0 Å². The van der Waals surface area contributed by atoms with E-state index in [0.717, 1.165) is 21.0 Å². The number of hydrogen-bond acceptors (Lipinski definition) is 1. The zero-order valence-corrected chi connectivity index (χ0v) is 14.0. The largest absolute Gasteiger partial charge is 0.143 e. The molecule has 0 amide bonds. The Labute approximate surface area is 129 Å². The Hall–Kier alpha value is -0.500. The Balaban J connectivity index is 2.34. The molecule has 0 spiro atoms. The van der Waals surface area contributed by atoms with Crippen molar-refractivity contribution in [1.29, 1.82) is 0 Å². The maximum atomic E-state index is 6.58. The minimum absolute atomic E-state index is 0.163. The van der Waals surface area contributed by atoms with Crippen LogP contribution in [0.4, 0.5) is 0 Å². The summed E-state index contributed by atoms with van der Waals surface area (Å²) in [5.41, 5.74) is 2.30. The van der Waals surface area contributed by atoms with Gasteiger partial charge in [-0.05, 0) is 41.7 Å². The Morgan fingerprint density at radius 2 is 1.79 bits per heavy atom. The first-order valence-electron chi connectivity index (χ1n) is 6.29. The molecule has 0 saturated heterocycles. The zero-order valence-electron chi connectivity index (χ0n) is 11.6. The van der Waals surface area contributed by atoms with Crippen LogP contribution in [0, 0.1) is 6.92 Å². The molecule has 0 aliphatic heterocycles. The van der Waals surface area contributed by atoms with Gasteiger partial charge in [-0.25, -0.2) is 0 Å². The summed E-state index contributed by atoms with van der Waals surface area (Å²) in [6.45, 7) is 8.67. The summed E-state index contributed by atoms with van der Waals surface area (Å²) >= 11 is 14.6. The van der Waals surface area contributed by atoms with Gasteiger partial charge in [0.1, 0.15) is 0 Å². The van der Waals surface area contributed by atoms with Crippen LogP contribution in [0.1, 0.15) is 47.0 Å². The van der Waals surface area contributed by atoms with E-state index in [-0.39, 0.29) is 10.8 Å². The maximum Gasteiger partial charge on any atom is 0.0942 e. The first-order chi connectivity index (χ1) is 8.79. The second-order valence-electron chi connectivity index (χ2n) is 5.84. The molecule has 19 heavy (non-hydrogen) atoms. The van der Waals surface area contributed by atoms with Crippen molar-refractivity contribution < 1.29 is 0 Å². The summed E-state index contributed by atoms with van der Waals surface area (Å²) in [6.07, 6.45) is 0. The molecule has 1 unspecified atom stereocenters. The quantitative estimate of drug-likeness (QED) is 0.568. The molecule has 0 bridgehead atoms. The van der Waals surface area contributed by atoms with E-state index >= 15 is 0 Å². The molecule has 1 atom stereocenters. The third kappa shape index (κ3) is 3.34. The fraction of sp³-hybridized carbons (Fsp3) is 0.375. The SMILES string of the molecule is Cc1ccc(C(Cl)c2ccc(C(C)(C)C)s2)c(Cl)c1. The lowest BCUT2D eigenvalue weighted by Gasteiger charge is -2.16. The van der Waals surface area contributed by atoms with Gasteiger partial charge in [-0.2, -0.15) is 0 Å². The van der Waals surface area contributed by atoms with Gasteiger partial charge in [0.25, 0.3) is 0 Å². The second-order valence-corrected chi connectivity index (χ2v) is 7.80. The molecule has 2 rings (SSSR count). The Kier molecular flexibility index (Phi) is 4.29. The summed E-state index contributed by atoms with van der Waals surface area (Å²) in [4.78, 5) is 2.49. The molecule has 0 fully saturated rings. The van der Waals surface area contributed by atoms with E-state index in [0.29, 0.717) is 0 Å². The van der Waals surface area contributed by atoms with Crippen LogP contribution in [0.3, 0.4) is 0 Å². The molecule has 0 nitrogen and oxygen atoms in total. The molecule has 0 saturated carbocycles. The van der Waals surface area contributed by atoms with Crippen LogP contribution in [-0.2, 0) is 5.41 Å². The normalized spacial score (nSPS) is 13.6. The fourth-order valence-electron chi connectivity index (χ4n) is 1.88. The molecule has 1 aromatic heterocycles. The summed E-state index contributed by atoms with van der Waals surface area (Å²) in [5, 5.41) is 0.569. The van der Waals surface area contributed by atoms with Gasteiger partial charge in [0.2, 0.25) is 0 Å². The van der Waals surface area contributed by atoms with E-state index in [9.17, 15) is 0 Å². The van der Waals surface area contributed by atoms with Gasteiger partial charge >= 0.3 is 0 Å². The monoisotopic (exact) mass is 312 g/mol. The average Bonchev–Trinajstić information content (AvgIpc) is 2.76. The van der Waals surface area contributed by atoms with E-state index in [1.54, 1.807) is 11.3 Å². The van der Waals surface area contributed by atoms with Crippen LogP contribution in [-0.4, -0.2) is 0 Å². The number of benzene rings is 1. The van der Waals surface area contributed by atoms with Crippen LogP contribution >= 0.6 is 34.5 Å². The van der Waals surface area contributed by atoms with Crippen molar-refractivity contribution in [3.63, 3.8) is 0 Å².